The molecule has 3 nitrogen and oxygen atoms in total. The molecule has 108 valence electrons. The SMILES string of the molecule is CCNC(Cc1nccn1CC)c1ccc(Cl)c(Cl)c1. The molecule has 1 N–H and O–H groups in total. The first-order chi connectivity index (χ1) is 9.65. The van der Waals surface area contributed by atoms with Crippen molar-refractivity contribution in [3.8, 4) is 0 Å². The van der Waals surface area contributed by atoms with Gasteiger partial charge < -0.3 is 9.88 Å². The van der Waals surface area contributed by atoms with Crippen molar-refractivity contribution in [3.63, 3.8) is 0 Å². The Morgan fingerprint density at radius 1 is 1.25 bits per heavy atom. The molecule has 1 aromatic heterocycles. The van der Waals surface area contributed by atoms with E-state index in [1.54, 1.807) is 0 Å². The Labute approximate surface area is 129 Å². The molecule has 2 rings (SSSR count). The predicted molar refractivity (Wildman–Crippen MR) is 84.5 cm³/mol. The summed E-state index contributed by atoms with van der Waals surface area (Å²) < 4.78 is 2.15. The van der Waals surface area contributed by atoms with Gasteiger partial charge in [0.05, 0.1) is 10.0 Å². The van der Waals surface area contributed by atoms with Crippen molar-refractivity contribution in [1.82, 2.24) is 14.9 Å². The first kappa shape index (κ1) is 15.4. The van der Waals surface area contributed by atoms with E-state index in [0.29, 0.717) is 10.0 Å². The van der Waals surface area contributed by atoms with Crippen LogP contribution in [-0.2, 0) is 13.0 Å². The van der Waals surface area contributed by atoms with Crippen LogP contribution in [0.1, 0.15) is 31.3 Å². The molecule has 0 aliphatic carbocycles. The summed E-state index contributed by atoms with van der Waals surface area (Å²) in [5.41, 5.74) is 1.13. The van der Waals surface area contributed by atoms with Gasteiger partial charge in [-0.05, 0) is 31.2 Å². The van der Waals surface area contributed by atoms with Crippen LogP contribution >= 0.6 is 23.2 Å². The van der Waals surface area contributed by atoms with Gasteiger partial charge in [0.2, 0.25) is 0 Å². The van der Waals surface area contributed by atoms with Gasteiger partial charge in [-0.3, -0.25) is 0 Å². The van der Waals surface area contributed by atoms with Crippen molar-refractivity contribution in [1.29, 1.82) is 0 Å². The van der Waals surface area contributed by atoms with E-state index in [4.69, 9.17) is 23.2 Å². The van der Waals surface area contributed by atoms with Gasteiger partial charge >= 0.3 is 0 Å². The highest BCUT2D eigenvalue weighted by Gasteiger charge is 2.15. The van der Waals surface area contributed by atoms with Gasteiger partial charge in [-0.2, -0.15) is 0 Å². The zero-order valence-corrected chi connectivity index (χ0v) is 13.2. The molecule has 0 bridgehead atoms. The van der Waals surface area contributed by atoms with E-state index in [0.717, 1.165) is 30.9 Å². The normalized spacial score (nSPS) is 12.6. The van der Waals surface area contributed by atoms with Gasteiger partial charge in [-0.25, -0.2) is 4.98 Å². The molecule has 1 aromatic carbocycles. The molecule has 0 spiro atoms. The number of nitrogens with zero attached hydrogens (tertiary/aromatic N) is 2. The highest BCUT2D eigenvalue weighted by Crippen LogP contribution is 2.27. The van der Waals surface area contributed by atoms with E-state index in [-0.39, 0.29) is 6.04 Å². The smallest absolute Gasteiger partial charge is 0.110 e. The number of likely N-dealkylation sites (N-methyl/N-ethyl adjacent to an activating group) is 1. The summed E-state index contributed by atoms with van der Waals surface area (Å²) in [6.07, 6.45) is 4.68. The van der Waals surface area contributed by atoms with Crippen molar-refractivity contribution >= 4 is 23.2 Å². The number of aryl methyl sites for hydroxylation is 1. The number of hydrogen-bond donors (Lipinski definition) is 1. The van der Waals surface area contributed by atoms with Gasteiger partial charge in [0.1, 0.15) is 5.82 Å². The summed E-state index contributed by atoms with van der Waals surface area (Å²) >= 11 is 12.1. The highest BCUT2D eigenvalue weighted by atomic mass is 35.5. The number of imidazole rings is 1. The average Bonchev–Trinajstić information content (AvgIpc) is 2.88. The van der Waals surface area contributed by atoms with Crippen molar-refractivity contribution in [3.05, 3.63) is 52.0 Å². The monoisotopic (exact) mass is 311 g/mol. The number of benzene rings is 1. The van der Waals surface area contributed by atoms with Crippen LogP contribution in [0.5, 0.6) is 0 Å². The van der Waals surface area contributed by atoms with Gasteiger partial charge in [0.25, 0.3) is 0 Å². The molecule has 2 aromatic rings. The molecule has 1 atom stereocenters. The van der Waals surface area contributed by atoms with Crippen LogP contribution in [-0.4, -0.2) is 16.1 Å². The maximum absolute atomic E-state index is 6.12. The molecule has 0 aliphatic rings. The predicted octanol–water partition coefficient (Wildman–Crippen LogP) is 4.10. The summed E-state index contributed by atoms with van der Waals surface area (Å²) in [5.74, 6) is 1.07. The van der Waals surface area contributed by atoms with E-state index in [1.807, 2.05) is 30.6 Å². The fourth-order valence-electron chi connectivity index (χ4n) is 2.28. The van der Waals surface area contributed by atoms with E-state index in [2.05, 4.69) is 28.7 Å². The first-order valence-electron chi connectivity index (χ1n) is 6.84. The Kier molecular flexibility index (Phi) is 5.46. The van der Waals surface area contributed by atoms with Gasteiger partial charge in [0.15, 0.2) is 0 Å². The highest BCUT2D eigenvalue weighted by molar-refractivity contribution is 6.42. The molecule has 0 fully saturated rings. The second-order valence-electron chi connectivity index (χ2n) is 4.62. The Morgan fingerprint density at radius 3 is 2.70 bits per heavy atom. The van der Waals surface area contributed by atoms with Crippen molar-refractivity contribution < 1.29 is 0 Å². The third kappa shape index (κ3) is 3.54. The molecule has 1 unspecified atom stereocenters. The van der Waals surface area contributed by atoms with Crippen LogP contribution in [0.25, 0.3) is 0 Å². The van der Waals surface area contributed by atoms with Crippen molar-refractivity contribution in [2.45, 2.75) is 32.9 Å². The minimum Gasteiger partial charge on any atom is -0.335 e. The van der Waals surface area contributed by atoms with Gasteiger partial charge in [-0.1, -0.05) is 36.2 Å². The van der Waals surface area contributed by atoms with E-state index < -0.39 is 0 Å². The molecule has 20 heavy (non-hydrogen) atoms. The zero-order chi connectivity index (χ0) is 14.5. The van der Waals surface area contributed by atoms with E-state index >= 15 is 0 Å². The van der Waals surface area contributed by atoms with Crippen LogP contribution in [0.2, 0.25) is 10.0 Å². The number of aromatic nitrogens is 2. The summed E-state index contributed by atoms with van der Waals surface area (Å²) in [4.78, 5) is 4.44. The molecule has 0 amide bonds. The van der Waals surface area contributed by atoms with Crippen molar-refractivity contribution in [2.24, 2.45) is 0 Å². The average molecular weight is 312 g/mol. The lowest BCUT2D eigenvalue weighted by molar-refractivity contribution is 0.522. The van der Waals surface area contributed by atoms with Crippen molar-refractivity contribution in [2.75, 3.05) is 6.54 Å². The number of hydrogen-bond acceptors (Lipinski definition) is 2. The molecule has 0 aliphatic heterocycles. The number of rotatable bonds is 6. The first-order valence-corrected chi connectivity index (χ1v) is 7.59. The summed E-state index contributed by atoms with van der Waals surface area (Å²) in [6, 6.07) is 5.97. The van der Waals surface area contributed by atoms with E-state index in [9.17, 15) is 0 Å². The maximum Gasteiger partial charge on any atom is 0.110 e. The van der Waals surface area contributed by atoms with Gasteiger partial charge in [-0.15, -0.1) is 0 Å². The lowest BCUT2D eigenvalue weighted by atomic mass is 10.0. The lowest BCUT2D eigenvalue weighted by Gasteiger charge is -2.19. The molecular weight excluding hydrogens is 293 g/mol. The fraction of sp³-hybridized carbons (Fsp3) is 0.400. The summed E-state index contributed by atoms with van der Waals surface area (Å²) in [5, 5.41) is 4.65. The second kappa shape index (κ2) is 7.11. The van der Waals surface area contributed by atoms with Crippen LogP contribution in [0.3, 0.4) is 0 Å². The molecule has 0 radical (unpaired) electrons. The Balaban J connectivity index is 2.24. The quantitative estimate of drug-likeness (QED) is 0.870. The third-order valence-electron chi connectivity index (χ3n) is 3.33. The van der Waals surface area contributed by atoms with Crippen LogP contribution in [0.4, 0.5) is 0 Å². The topological polar surface area (TPSA) is 29.9 Å². The largest absolute Gasteiger partial charge is 0.335 e. The number of nitrogens with one attached hydrogen (secondary N) is 1. The summed E-state index contributed by atoms with van der Waals surface area (Å²) in [6.45, 7) is 6.02. The minimum atomic E-state index is 0.183. The second-order valence-corrected chi connectivity index (χ2v) is 5.43. The molecule has 5 heteroatoms. The Morgan fingerprint density at radius 2 is 2.05 bits per heavy atom. The zero-order valence-electron chi connectivity index (χ0n) is 11.7. The lowest BCUT2D eigenvalue weighted by Crippen LogP contribution is -2.24. The van der Waals surface area contributed by atoms with E-state index in [1.165, 1.54) is 0 Å². The Hall–Kier alpha value is -1.03. The third-order valence-corrected chi connectivity index (χ3v) is 4.06. The number of halogens is 2. The van der Waals surface area contributed by atoms with Gasteiger partial charge in [0, 0.05) is 31.4 Å². The fourth-order valence-corrected chi connectivity index (χ4v) is 2.59. The summed E-state index contributed by atoms with van der Waals surface area (Å²) in [7, 11) is 0. The standard InChI is InChI=1S/C15H19Cl2N3/c1-3-18-14(10-15-19-7-8-20(15)4-2)11-5-6-12(16)13(17)9-11/h5-9,14,18H,3-4,10H2,1-2H3. The maximum atomic E-state index is 6.12. The Bertz CT molecular complexity index is 566. The minimum absolute atomic E-state index is 0.183. The van der Waals surface area contributed by atoms with Crippen LogP contribution < -0.4 is 5.32 Å². The molecule has 0 saturated heterocycles. The molecule has 0 saturated carbocycles. The van der Waals surface area contributed by atoms with Crippen LogP contribution in [0, 0.1) is 0 Å². The molecular formula is C15H19Cl2N3. The van der Waals surface area contributed by atoms with Crippen LogP contribution in [0.15, 0.2) is 30.6 Å². The molecule has 1 heterocycles.